The first kappa shape index (κ1) is 13.4. The molecule has 0 heterocycles. The van der Waals surface area contributed by atoms with E-state index in [-0.39, 0.29) is 17.0 Å². The van der Waals surface area contributed by atoms with Crippen LogP contribution >= 0.6 is 0 Å². The number of anilines is 1. The van der Waals surface area contributed by atoms with Crippen molar-refractivity contribution in [3.8, 4) is 11.8 Å². The van der Waals surface area contributed by atoms with Crippen LogP contribution in [0.25, 0.3) is 0 Å². The van der Waals surface area contributed by atoms with Crippen LogP contribution < -0.4 is 10.6 Å². The molecule has 0 saturated heterocycles. The van der Waals surface area contributed by atoms with E-state index in [0.29, 0.717) is 6.54 Å². The molecule has 20 heavy (non-hydrogen) atoms. The summed E-state index contributed by atoms with van der Waals surface area (Å²) in [6, 6.07) is 15.5. The minimum absolute atomic E-state index is 0.117. The third-order valence-corrected chi connectivity index (χ3v) is 2.70. The fourth-order valence-corrected chi connectivity index (χ4v) is 1.68. The highest BCUT2D eigenvalue weighted by molar-refractivity contribution is 5.91. The lowest BCUT2D eigenvalue weighted by Gasteiger charge is -2.09. The molecule has 0 spiro atoms. The molecule has 0 aromatic heterocycles. The standard InChI is InChI=1S/C15H13N3O2/c16-9-12-7-4-8-13(14(12)19)18-15(20)17-10-11-5-2-1-3-6-11/h1-8,19H,10H2,(H2,17,18,20). The van der Waals surface area contributed by atoms with Gasteiger partial charge in [-0.05, 0) is 17.7 Å². The Morgan fingerprint density at radius 2 is 1.90 bits per heavy atom. The summed E-state index contributed by atoms with van der Waals surface area (Å²) < 4.78 is 0. The molecule has 3 N–H and O–H groups in total. The zero-order chi connectivity index (χ0) is 14.4. The molecule has 100 valence electrons. The lowest BCUT2D eigenvalue weighted by atomic mass is 10.2. The molecule has 0 aliphatic rings. The second kappa shape index (κ2) is 6.25. The third-order valence-electron chi connectivity index (χ3n) is 2.70. The number of benzene rings is 2. The van der Waals surface area contributed by atoms with E-state index in [1.54, 1.807) is 6.07 Å². The molecule has 0 atom stereocenters. The maximum atomic E-state index is 11.7. The minimum Gasteiger partial charge on any atom is -0.504 e. The van der Waals surface area contributed by atoms with Gasteiger partial charge in [0.15, 0.2) is 5.75 Å². The van der Waals surface area contributed by atoms with Gasteiger partial charge in [0.05, 0.1) is 11.3 Å². The first-order chi connectivity index (χ1) is 9.70. The number of nitrogens with one attached hydrogen (secondary N) is 2. The number of nitriles is 1. The molecular weight excluding hydrogens is 254 g/mol. The second-order valence-corrected chi connectivity index (χ2v) is 4.11. The molecule has 2 amide bonds. The molecule has 0 radical (unpaired) electrons. The summed E-state index contributed by atoms with van der Waals surface area (Å²) in [5.74, 6) is -0.232. The van der Waals surface area contributed by atoms with E-state index in [1.807, 2.05) is 36.4 Å². The van der Waals surface area contributed by atoms with Crippen LogP contribution in [0.2, 0.25) is 0 Å². The van der Waals surface area contributed by atoms with Crippen LogP contribution in [0.5, 0.6) is 5.75 Å². The van der Waals surface area contributed by atoms with Gasteiger partial charge < -0.3 is 15.7 Å². The SMILES string of the molecule is N#Cc1cccc(NC(=O)NCc2ccccc2)c1O. The number of rotatable bonds is 3. The predicted molar refractivity (Wildman–Crippen MR) is 75.1 cm³/mol. The highest BCUT2D eigenvalue weighted by Gasteiger charge is 2.09. The predicted octanol–water partition coefficient (Wildman–Crippen LogP) is 2.59. The van der Waals surface area contributed by atoms with Crippen molar-refractivity contribution in [3.63, 3.8) is 0 Å². The Hall–Kier alpha value is -3.00. The zero-order valence-electron chi connectivity index (χ0n) is 10.6. The van der Waals surface area contributed by atoms with E-state index in [1.165, 1.54) is 12.1 Å². The number of urea groups is 1. The van der Waals surface area contributed by atoms with Gasteiger partial charge in [0.1, 0.15) is 6.07 Å². The van der Waals surface area contributed by atoms with Gasteiger partial charge in [-0.1, -0.05) is 36.4 Å². The van der Waals surface area contributed by atoms with Crippen molar-refractivity contribution >= 4 is 11.7 Å². The molecule has 2 rings (SSSR count). The number of nitrogens with zero attached hydrogens (tertiary/aromatic N) is 1. The zero-order valence-corrected chi connectivity index (χ0v) is 10.6. The molecule has 5 heteroatoms. The van der Waals surface area contributed by atoms with E-state index in [9.17, 15) is 9.90 Å². The summed E-state index contributed by atoms with van der Waals surface area (Å²) in [5.41, 5.74) is 1.29. The van der Waals surface area contributed by atoms with Crippen molar-refractivity contribution < 1.29 is 9.90 Å². The van der Waals surface area contributed by atoms with Gasteiger partial charge in [0.2, 0.25) is 0 Å². The third kappa shape index (κ3) is 3.27. The number of hydrogen-bond acceptors (Lipinski definition) is 3. The summed E-state index contributed by atoms with van der Waals surface area (Å²) in [4.78, 5) is 11.7. The molecular formula is C15H13N3O2. The van der Waals surface area contributed by atoms with Crippen LogP contribution in [0.15, 0.2) is 48.5 Å². The number of phenols is 1. The van der Waals surface area contributed by atoms with Gasteiger partial charge >= 0.3 is 6.03 Å². The molecule has 0 saturated carbocycles. The number of aromatic hydroxyl groups is 1. The van der Waals surface area contributed by atoms with E-state index < -0.39 is 6.03 Å². The first-order valence-electron chi connectivity index (χ1n) is 6.01. The van der Waals surface area contributed by atoms with Crippen LogP contribution in [0.3, 0.4) is 0 Å². The number of phenolic OH excluding ortho intramolecular Hbond substituents is 1. The smallest absolute Gasteiger partial charge is 0.319 e. The Bertz CT molecular complexity index is 648. The van der Waals surface area contributed by atoms with E-state index in [4.69, 9.17) is 5.26 Å². The summed E-state index contributed by atoms with van der Waals surface area (Å²) >= 11 is 0. The Labute approximate surface area is 116 Å². The minimum atomic E-state index is -0.445. The molecule has 0 bridgehead atoms. The topological polar surface area (TPSA) is 85.2 Å². The highest BCUT2D eigenvalue weighted by atomic mass is 16.3. The normalized spacial score (nSPS) is 9.55. The number of carbonyl (C=O) groups excluding carboxylic acids is 1. The summed E-state index contributed by atoms with van der Waals surface area (Å²) in [5, 5.41) is 23.7. The lowest BCUT2D eigenvalue weighted by molar-refractivity contribution is 0.251. The molecule has 0 aliphatic carbocycles. The Morgan fingerprint density at radius 1 is 1.15 bits per heavy atom. The maximum absolute atomic E-state index is 11.7. The number of para-hydroxylation sites is 1. The monoisotopic (exact) mass is 267 g/mol. The van der Waals surface area contributed by atoms with Crippen molar-refractivity contribution in [3.05, 3.63) is 59.7 Å². The molecule has 0 unspecified atom stereocenters. The van der Waals surface area contributed by atoms with Gasteiger partial charge in [-0.2, -0.15) is 5.26 Å². The van der Waals surface area contributed by atoms with Gasteiger partial charge in [0, 0.05) is 6.54 Å². The Balaban J connectivity index is 1.97. The Kier molecular flexibility index (Phi) is 4.20. The maximum Gasteiger partial charge on any atom is 0.319 e. The van der Waals surface area contributed by atoms with E-state index >= 15 is 0 Å². The fraction of sp³-hybridized carbons (Fsp3) is 0.0667. The molecule has 2 aromatic rings. The second-order valence-electron chi connectivity index (χ2n) is 4.11. The average molecular weight is 267 g/mol. The number of carbonyl (C=O) groups is 1. The average Bonchev–Trinajstić information content (AvgIpc) is 2.48. The number of amides is 2. The van der Waals surface area contributed by atoms with Crippen LogP contribution in [0.4, 0.5) is 10.5 Å². The first-order valence-corrected chi connectivity index (χ1v) is 6.01. The Morgan fingerprint density at radius 3 is 2.60 bits per heavy atom. The van der Waals surface area contributed by atoms with Crippen molar-refractivity contribution in [2.24, 2.45) is 0 Å². The summed E-state index contributed by atoms with van der Waals surface area (Å²) in [6.07, 6.45) is 0. The number of hydrogen-bond donors (Lipinski definition) is 3. The van der Waals surface area contributed by atoms with Gasteiger partial charge in [-0.25, -0.2) is 4.79 Å². The van der Waals surface area contributed by atoms with E-state index in [2.05, 4.69) is 10.6 Å². The molecule has 5 nitrogen and oxygen atoms in total. The summed E-state index contributed by atoms with van der Waals surface area (Å²) in [6.45, 7) is 0.380. The van der Waals surface area contributed by atoms with Crippen LogP contribution in [-0.4, -0.2) is 11.1 Å². The van der Waals surface area contributed by atoms with Crippen molar-refractivity contribution in [2.45, 2.75) is 6.54 Å². The molecule has 0 fully saturated rings. The lowest BCUT2D eigenvalue weighted by Crippen LogP contribution is -2.28. The fourth-order valence-electron chi connectivity index (χ4n) is 1.68. The van der Waals surface area contributed by atoms with Crippen LogP contribution in [-0.2, 0) is 6.54 Å². The van der Waals surface area contributed by atoms with E-state index in [0.717, 1.165) is 5.56 Å². The van der Waals surface area contributed by atoms with Crippen molar-refractivity contribution in [1.29, 1.82) is 5.26 Å². The van der Waals surface area contributed by atoms with Crippen LogP contribution in [0.1, 0.15) is 11.1 Å². The van der Waals surface area contributed by atoms with Gasteiger partial charge in [-0.3, -0.25) is 0 Å². The molecule has 0 aliphatic heterocycles. The largest absolute Gasteiger partial charge is 0.504 e. The summed E-state index contributed by atoms with van der Waals surface area (Å²) in [7, 11) is 0. The van der Waals surface area contributed by atoms with Crippen molar-refractivity contribution in [1.82, 2.24) is 5.32 Å². The quantitative estimate of drug-likeness (QED) is 0.747. The van der Waals surface area contributed by atoms with Gasteiger partial charge in [0.25, 0.3) is 0 Å². The van der Waals surface area contributed by atoms with Crippen LogP contribution in [0, 0.1) is 11.3 Å². The highest BCUT2D eigenvalue weighted by Crippen LogP contribution is 2.26. The van der Waals surface area contributed by atoms with Gasteiger partial charge in [-0.15, -0.1) is 0 Å². The molecule has 2 aromatic carbocycles. The van der Waals surface area contributed by atoms with Crippen molar-refractivity contribution in [2.75, 3.05) is 5.32 Å².